The number of aliphatic carboxylic acids is 1. The van der Waals surface area contributed by atoms with Crippen LogP contribution >= 0.6 is 11.6 Å². The number of carboxylic acid groups (broad SMARTS) is 1. The van der Waals surface area contributed by atoms with Gasteiger partial charge in [0.25, 0.3) is 0 Å². The minimum absolute atomic E-state index is 0.0782. The molecule has 34 heavy (non-hydrogen) atoms. The summed E-state index contributed by atoms with van der Waals surface area (Å²) >= 11 is 6.05. The molecule has 0 saturated heterocycles. The van der Waals surface area contributed by atoms with Crippen molar-refractivity contribution in [2.45, 2.75) is 33.4 Å². The average Bonchev–Trinajstić information content (AvgIpc) is 2.80. The lowest BCUT2D eigenvalue weighted by Gasteiger charge is -2.24. The fourth-order valence-corrected chi connectivity index (χ4v) is 4.05. The molecule has 0 saturated carbocycles. The summed E-state index contributed by atoms with van der Waals surface area (Å²) in [5.74, 6) is -0.249. The van der Waals surface area contributed by atoms with Crippen LogP contribution in [0.5, 0.6) is 5.75 Å². The summed E-state index contributed by atoms with van der Waals surface area (Å²) in [5, 5.41) is 12.8. The Morgan fingerprint density at radius 3 is 2.50 bits per heavy atom. The van der Waals surface area contributed by atoms with Gasteiger partial charge in [-0.3, -0.25) is 4.79 Å². The van der Waals surface area contributed by atoms with Crippen LogP contribution in [-0.4, -0.2) is 35.7 Å². The molecule has 6 nitrogen and oxygen atoms in total. The molecule has 178 valence electrons. The number of rotatable bonds is 9. The molecule has 0 aliphatic rings. The molecule has 3 aromatic rings. The second kappa shape index (κ2) is 11.6. The van der Waals surface area contributed by atoms with Crippen LogP contribution in [0.2, 0.25) is 5.02 Å². The van der Waals surface area contributed by atoms with Crippen molar-refractivity contribution in [2.75, 3.05) is 13.7 Å². The van der Waals surface area contributed by atoms with Crippen molar-refractivity contribution < 1.29 is 19.4 Å². The fraction of sp³-hybridized carbons (Fsp3) is 0.259. The van der Waals surface area contributed by atoms with Gasteiger partial charge in [-0.15, -0.1) is 0 Å². The van der Waals surface area contributed by atoms with Crippen molar-refractivity contribution in [1.82, 2.24) is 10.2 Å². The van der Waals surface area contributed by atoms with Gasteiger partial charge in [0.1, 0.15) is 5.75 Å². The largest absolute Gasteiger partial charge is 0.496 e. The minimum Gasteiger partial charge on any atom is -0.496 e. The molecule has 0 aliphatic heterocycles. The Morgan fingerprint density at radius 1 is 1.03 bits per heavy atom. The number of ether oxygens (including phenoxy) is 1. The van der Waals surface area contributed by atoms with Gasteiger partial charge in [-0.2, -0.15) is 0 Å². The maximum atomic E-state index is 13.0. The third-order valence-electron chi connectivity index (χ3n) is 5.53. The summed E-state index contributed by atoms with van der Waals surface area (Å²) in [6.07, 6.45) is -0.0782. The Morgan fingerprint density at radius 2 is 1.82 bits per heavy atom. The first kappa shape index (κ1) is 25.1. The zero-order valence-corrected chi connectivity index (χ0v) is 20.4. The van der Waals surface area contributed by atoms with E-state index >= 15 is 0 Å². The first-order chi connectivity index (χ1) is 16.3. The smallest absolute Gasteiger partial charge is 0.317 e. The van der Waals surface area contributed by atoms with E-state index in [9.17, 15) is 14.7 Å². The molecule has 3 rings (SSSR count). The van der Waals surface area contributed by atoms with Gasteiger partial charge in [0.15, 0.2) is 0 Å². The summed E-state index contributed by atoms with van der Waals surface area (Å²) < 4.78 is 5.57. The standard InChI is InChI=1S/C27H29ClN2O4/c1-4-30(27(33)29-16-20-6-5-7-22(28)13-20)17-21-12-18(2)8-10-23(21)24-14-19(15-26(31)32)9-11-25(24)34-3/h5-14H,4,15-17H2,1-3H3,(H,29,33)(H,31,32). The van der Waals surface area contributed by atoms with Crippen LogP contribution in [0.4, 0.5) is 4.79 Å². The molecule has 0 unspecified atom stereocenters. The van der Waals surface area contributed by atoms with Crippen LogP contribution in [0, 0.1) is 6.92 Å². The molecule has 2 amide bonds. The van der Waals surface area contributed by atoms with Crippen molar-refractivity contribution in [3.63, 3.8) is 0 Å². The summed E-state index contributed by atoms with van der Waals surface area (Å²) in [6.45, 7) is 5.22. The highest BCUT2D eigenvalue weighted by molar-refractivity contribution is 6.30. The van der Waals surface area contributed by atoms with Gasteiger partial charge in [0, 0.05) is 30.2 Å². The number of benzene rings is 3. The van der Waals surface area contributed by atoms with E-state index < -0.39 is 5.97 Å². The summed E-state index contributed by atoms with van der Waals surface area (Å²) in [5.41, 5.74) is 5.32. The van der Waals surface area contributed by atoms with Gasteiger partial charge < -0.3 is 20.1 Å². The van der Waals surface area contributed by atoms with E-state index in [2.05, 4.69) is 5.32 Å². The number of methoxy groups -OCH3 is 1. The van der Waals surface area contributed by atoms with Crippen LogP contribution in [0.25, 0.3) is 11.1 Å². The molecule has 3 aromatic carbocycles. The molecular weight excluding hydrogens is 452 g/mol. The minimum atomic E-state index is -0.895. The highest BCUT2D eigenvalue weighted by Crippen LogP contribution is 2.34. The van der Waals surface area contributed by atoms with Crippen LogP contribution < -0.4 is 10.1 Å². The number of hydrogen-bond acceptors (Lipinski definition) is 3. The molecule has 0 spiro atoms. The van der Waals surface area contributed by atoms with Crippen molar-refractivity contribution in [3.05, 3.63) is 87.9 Å². The second-order valence-corrected chi connectivity index (χ2v) is 8.50. The summed E-state index contributed by atoms with van der Waals surface area (Å²) in [6, 6.07) is 18.6. The highest BCUT2D eigenvalue weighted by Gasteiger charge is 2.17. The second-order valence-electron chi connectivity index (χ2n) is 8.07. The van der Waals surface area contributed by atoms with Gasteiger partial charge in [-0.05, 0) is 60.4 Å². The number of urea groups is 1. The first-order valence-corrected chi connectivity index (χ1v) is 11.4. The Balaban J connectivity index is 1.88. The number of amides is 2. The number of hydrogen-bond donors (Lipinski definition) is 2. The Kier molecular flexibility index (Phi) is 8.55. The van der Waals surface area contributed by atoms with Gasteiger partial charge >= 0.3 is 12.0 Å². The van der Waals surface area contributed by atoms with Crippen molar-refractivity contribution in [1.29, 1.82) is 0 Å². The van der Waals surface area contributed by atoms with Crippen LogP contribution in [0.15, 0.2) is 60.7 Å². The maximum absolute atomic E-state index is 13.0. The molecule has 0 aromatic heterocycles. The SMILES string of the molecule is CCN(Cc1cc(C)ccc1-c1cc(CC(=O)O)ccc1OC)C(=O)NCc1cccc(Cl)c1. The molecule has 0 atom stereocenters. The first-order valence-electron chi connectivity index (χ1n) is 11.1. The van der Waals surface area contributed by atoms with Crippen molar-refractivity contribution in [3.8, 4) is 16.9 Å². The van der Waals surface area contributed by atoms with Gasteiger partial charge in [-0.25, -0.2) is 4.79 Å². The molecule has 0 bridgehead atoms. The number of nitrogens with one attached hydrogen (secondary N) is 1. The molecular formula is C27H29ClN2O4. The Labute approximate surface area is 205 Å². The van der Waals surface area contributed by atoms with Crippen LogP contribution in [-0.2, 0) is 24.3 Å². The monoisotopic (exact) mass is 480 g/mol. The lowest BCUT2D eigenvalue weighted by molar-refractivity contribution is -0.136. The number of nitrogens with zero attached hydrogens (tertiary/aromatic N) is 1. The molecule has 0 heterocycles. The van der Waals surface area contributed by atoms with E-state index in [0.29, 0.717) is 36.0 Å². The molecule has 7 heteroatoms. The maximum Gasteiger partial charge on any atom is 0.317 e. The van der Waals surface area contributed by atoms with E-state index in [1.165, 1.54) is 0 Å². The molecule has 0 radical (unpaired) electrons. The molecule has 0 fully saturated rings. The zero-order valence-electron chi connectivity index (χ0n) is 19.6. The normalized spacial score (nSPS) is 10.6. The van der Waals surface area contributed by atoms with Crippen molar-refractivity contribution in [2.24, 2.45) is 0 Å². The number of carbonyl (C=O) groups is 2. The predicted molar refractivity (Wildman–Crippen MR) is 134 cm³/mol. The van der Waals surface area contributed by atoms with Crippen molar-refractivity contribution >= 4 is 23.6 Å². The summed E-state index contributed by atoms with van der Waals surface area (Å²) in [4.78, 5) is 25.9. The number of aryl methyl sites for hydroxylation is 1. The number of halogens is 1. The Bertz CT molecular complexity index is 1180. The van der Waals surface area contributed by atoms with Gasteiger partial charge in [0.05, 0.1) is 13.5 Å². The lowest BCUT2D eigenvalue weighted by Crippen LogP contribution is -2.39. The van der Waals surface area contributed by atoms with Crippen LogP contribution in [0.1, 0.15) is 29.2 Å². The van der Waals surface area contributed by atoms with Gasteiger partial charge in [-0.1, -0.05) is 53.6 Å². The van der Waals surface area contributed by atoms with Gasteiger partial charge in [0.2, 0.25) is 0 Å². The van der Waals surface area contributed by atoms with E-state index in [1.54, 1.807) is 30.2 Å². The highest BCUT2D eigenvalue weighted by atomic mass is 35.5. The van der Waals surface area contributed by atoms with E-state index in [1.807, 2.05) is 56.3 Å². The number of carboxylic acids is 1. The molecule has 2 N–H and O–H groups in total. The topological polar surface area (TPSA) is 78.9 Å². The quantitative estimate of drug-likeness (QED) is 0.412. The van der Waals surface area contributed by atoms with E-state index in [0.717, 1.165) is 27.8 Å². The third kappa shape index (κ3) is 6.51. The zero-order chi connectivity index (χ0) is 24.7. The third-order valence-corrected chi connectivity index (χ3v) is 5.77. The molecule has 0 aliphatic carbocycles. The van der Waals surface area contributed by atoms with E-state index in [4.69, 9.17) is 16.3 Å². The Hall–Kier alpha value is -3.51. The van der Waals surface area contributed by atoms with E-state index in [-0.39, 0.29) is 12.5 Å². The number of carbonyl (C=O) groups excluding carboxylic acids is 1. The average molecular weight is 481 g/mol. The summed E-state index contributed by atoms with van der Waals surface area (Å²) in [7, 11) is 1.59. The fourth-order valence-electron chi connectivity index (χ4n) is 3.84. The predicted octanol–water partition coefficient (Wildman–Crippen LogP) is 5.68. The van der Waals surface area contributed by atoms with Crippen LogP contribution in [0.3, 0.4) is 0 Å². The lowest BCUT2D eigenvalue weighted by atomic mass is 9.94.